The van der Waals surface area contributed by atoms with Crippen LogP contribution in [0.4, 0.5) is 4.79 Å². The minimum Gasteiger partial charge on any atom is -0.383 e. The molecule has 0 spiro atoms. The maximum absolute atomic E-state index is 11.1. The lowest BCUT2D eigenvalue weighted by Gasteiger charge is -2.26. The van der Waals surface area contributed by atoms with Crippen LogP contribution in [0.2, 0.25) is 0 Å². The van der Waals surface area contributed by atoms with Crippen LogP contribution in [0.3, 0.4) is 0 Å². The second-order valence-corrected chi connectivity index (χ2v) is 3.17. The van der Waals surface area contributed by atoms with Crippen molar-refractivity contribution in [3.8, 4) is 0 Å². The predicted molar refractivity (Wildman–Crippen MR) is 49.4 cm³/mol. The quantitative estimate of drug-likeness (QED) is 0.616. The minimum absolute atomic E-state index is 0.243. The Kier molecular flexibility index (Phi) is 3.98. The number of urea groups is 1. The van der Waals surface area contributed by atoms with Crippen LogP contribution in [-0.4, -0.2) is 50.3 Å². The Bertz CT molecular complexity index is 169. The summed E-state index contributed by atoms with van der Waals surface area (Å²) >= 11 is 0. The molecule has 0 radical (unpaired) electrons. The first kappa shape index (κ1) is 10.3. The van der Waals surface area contributed by atoms with E-state index in [9.17, 15) is 4.79 Å². The number of carbonyl (C=O) groups excluding carboxylic acids is 1. The first-order valence-corrected chi connectivity index (χ1v) is 4.51. The topological polar surface area (TPSA) is 67.6 Å². The third-order valence-electron chi connectivity index (χ3n) is 2.29. The summed E-state index contributed by atoms with van der Waals surface area (Å²) in [7, 11) is 1.62. The number of carbonyl (C=O) groups is 1. The Morgan fingerprint density at radius 2 is 2.54 bits per heavy atom. The highest BCUT2D eigenvalue weighted by Crippen LogP contribution is 2.07. The van der Waals surface area contributed by atoms with Gasteiger partial charge in [-0.1, -0.05) is 0 Å². The van der Waals surface area contributed by atoms with E-state index in [-0.39, 0.29) is 12.1 Å². The third-order valence-corrected chi connectivity index (χ3v) is 2.29. The van der Waals surface area contributed by atoms with E-state index in [0.29, 0.717) is 13.2 Å². The number of amides is 2. The van der Waals surface area contributed by atoms with Crippen LogP contribution in [-0.2, 0) is 4.74 Å². The minimum atomic E-state index is -0.356. The number of rotatable bonds is 4. The molecule has 1 fully saturated rings. The Morgan fingerprint density at radius 3 is 3.00 bits per heavy atom. The average molecular weight is 187 g/mol. The SMILES string of the molecule is COCCN(C(N)=O)C1CCNC1. The number of hydrogen-bond donors (Lipinski definition) is 2. The Hall–Kier alpha value is -0.810. The maximum Gasteiger partial charge on any atom is 0.315 e. The summed E-state index contributed by atoms with van der Waals surface area (Å²) in [4.78, 5) is 12.7. The van der Waals surface area contributed by atoms with Crippen molar-refractivity contribution in [1.29, 1.82) is 0 Å². The molecule has 1 aliphatic rings. The van der Waals surface area contributed by atoms with E-state index in [0.717, 1.165) is 19.5 Å². The van der Waals surface area contributed by atoms with Crippen LogP contribution >= 0.6 is 0 Å². The molecular weight excluding hydrogens is 170 g/mol. The van der Waals surface area contributed by atoms with Crippen LogP contribution in [0.5, 0.6) is 0 Å². The van der Waals surface area contributed by atoms with Gasteiger partial charge in [0.25, 0.3) is 0 Å². The Morgan fingerprint density at radius 1 is 1.77 bits per heavy atom. The Labute approximate surface area is 78.2 Å². The molecule has 76 valence electrons. The molecule has 0 aromatic heterocycles. The van der Waals surface area contributed by atoms with Gasteiger partial charge in [-0.15, -0.1) is 0 Å². The fourth-order valence-electron chi connectivity index (χ4n) is 1.57. The molecule has 5 nitrogen and oxygen atoms in total. The molecule has 1 aliphatic heterocycles. The number of primary amides is 1. The first-order valence-electron chi connectivity index (χ1n) is 4.51. The van der Waals surface area contributed by atoms with E-state index < -0.39 is 0 Å². The fourth-order valence-corrected chi connectivity index (χ4v) is 1.57. The molecule has 1 rings (SSSR count). The number of ether oxygens (including phenoxy) is 1. The van der Waals surface area contributed by atoms with Crippen LogP contribution in [0, 0.1) is 0 Å². The van der Waals surface area contributed by atoms with Gasteiger partial charge in [-0.25, -0.2) is 4.79 Å². The van der Waals surface area contributed by atoms with Crippen LogP contribution < -0.4 is 11.1 Å². The number of nitrogens with one attached hydrogen (secondary N) is 1. The average Bonchev–Trinajstić information content (AvgIpc) is 2.57. The first-order chi connectivity index (χ1) is 6.25. The van der Waals surface area contributed by atoms with E-state index >= 15 is 0 Å². The van der Waals surface area contributed by atoms with E-state index in [1.807, 2.05) is 0 Å². The van der Waals surface area contributed by atoms with Gasteiger partial charge in [0.1, 0.15) is 0 Å². The highest BCUT2D eigenvalue weighted by atomic mass is 16.5. The molecule has 2 amide bonds. The van der Waals surface area contributed by atoms with Gasteiger partial charge in [-0.3, -0.25) is 0 Å². The monoisotopic (exact) mass is 187 g/mol. The van der Waals surface area contributed by atoms with Crippen molar-refractivity contribution in [2.45, 2.75) is 12.5 Å². The number of nitrogens with zero attached hydrogens (tertiary/aromatic N) is 1. The van der Waals surface area contributed by atoms with Gasteiger partial charge in [0.2, 0.25) is 0 Å². The lowest BCUT2D eigenvalue weighted by Crippen LogP contribution is -2.46. The molecule has 1 atom stereocenters. The molecule has 1 heterocycles. The normalized spacial score (nSPS) is 21.8. The van der Waals surface area contributed by atoms with Gasteiger partial charge in [0, 0.05) is 26.2 Å². The van der Waals surface area contributed by atoms with Crippen molar-refractivity contribution < 1.29 is 9.53 Å². The van der Waals surface area contributed by atoms with Crippen molar-refractivity contribution in [2.75, 3.05) is 33.4 Å². The number of nitrogens with two attached hydrogens (primary N) is 1. The van der Waals surface area contributed by atoms with Crippen LogP contribution in [0.25, 0.3) is 0 Å². The summed E-state index contributed by atoms with van der Waals surface area (Å²) in [5, 5.41) is 3.19. The standard InChI is InChI=1S/C8H17N3O2/c1-13-5-4-11(8(9)12)7-2-3-10-6-7/h7,10H,2-6H2,1H3,(H2,9,12). The lowest BCUT2D eigenvalue weighted by atomic mass is 10.2. The Balaban J connectivity index is 2.40. The molecule has 13 heavy (non-hydrogen) atoms. The van der Waals surface area contributed by atoms with Crippen molar-refractivity contribution in [2.24, 2.45) is 5.73 Å². The summed E-state index contributed by atoms with van der Waals surface area (Å²) in [6.07, 6.45) is 0.979. The molecule has 1 saturated heterocycles. The lowest BCUT2D eigenvalue weighted by molar-refractivity contribution is 0.137. The van der Waals surface area contributed by atoms with E-state index in [1.54, 1.807) is 12.0 Å². The van der Waals surface area contributed by atoms with E-state index in [1.165, 1.54) is 0 Å². The zero-order valence-electron chi connectivity index (χ0n) is 7.95. The van der Waals surface area contributed by atoms with Gasteiger partial charge in [-0.2, -0.15) is 0 Å². The summed E-state index contributed by atoms with van der Waals surface area (Å²) in [6.45, 7) is 2.92. The molecule has 3 N–H and O–H groups in total. The van der Waals surface area contributed by atoms with Gasteiger partial charge in [0.05, 0.1) is 6.61 Å². The highest BCUT2D eigenvalue weighted by molar-refractivity contribution is 5.72. The molecule has 0 aliphatic carbocycles. The highest BCUT2D eigenvalue weighted by Gasteiger charge is 2.24. The predicted octanol–water partition coefficient (Wildman–Crippen LogP) is -0.625. The van der Waals surface area contributed by atoms with Crippen molar-refractivity contribution in [3.05, 3.63) is 0 Å². The second kappa shape index (κ2) is 5.04. The van der Waals surface area contributed by atoms with E-state index in [4.69, 9.17) is 10.5 Å². The van der Waals surface area contributed by atoms with Crippen LogP contribution in [0.1, 0.15) is 6.42 Å². The smallest absolute Gasteiger partial charge is 0.315 e. The number of methoxy groups -OCH3 is 1. The summed E-state index contributed by atoms with van der Waals surface area (Å²) in [5.74, 6) is 0. The molecule has 0 bridgehead atoms. The largest absolute Gasteiger partial charge is 0.383 e. The third kappa shape index (κ3) is 2.86. The number of hydrogen-bond acceptors (Lipinski definition) is 3. The van der Waals surface area contributed by atoms with E-state index in [2.05, 4.69) is 5.32 Å². The molecular formula is C8H17N3O2. The second-order valence-electron chi connectivity index (χ2n) is 3.17. The molecule has 0 saturated carbocycles. The summed E-state index contributed by atoms with van der Waals surface area (Å²) < 4.78 is 4.91. The maximum atomic E-state index is 11.1. The molecule has 5 heteroatoms. The molecule has 0 aromatic rings. The summed E-state index contributed by atoms with van der Waals surface area (Å²) in [5.41, 5.74) is 5.26. The van der Waals surface area contributed by atoms with Crippen molar-refractivity contribution in [3.63, 3.8) is 0 Å². The molecule has 0 aromatic carbocycles. The zero-order chi connectivity index (χ0) is 9.68. The zero-order valence-corrected chi connectivity index (χ0v) is 7.95. The fraction of sp³-hybridized carbons (Fsp3) is 0.875. The van der Waals surface area contributed by atoms with Gasteiger partial charge in [-0.05, 0) is 13.0 Å². The van der Waals surface area contributed by atoms with Gasteiger partial charge in [0.15, 0.2) is 0 Å². The van der Waals surface area contributed by atoms with Crippen LogP contribution in [0.15, 0.2) is 0 Å². The van der Waals surface area contributed by atoms with Crippen molar-refractivity contribution in [1.82, 2.24) is 10.2 Å². The van der Waals surface area contributed by atoms with Gasteiger partial charge < -0.3 is 20.7 Å². The molecule has 1 unspecified atom stereocenters. The van der Waals surface area contributed by atoms with Crippen molar-refractivity contribution >= 4 is 6.03 Å². The van der Waals surface area contributed by atoms with Gasteiger partial charge >= 0.3 is 6.03 Å². The summed E-state index contributed by atoms with van der Waals surface area (Å²) in [6, 6.07) is -0.113.